The van der Waals surface area contributed by atoms with E-state index in [0.29, 0.717) is 30.5 Å². The minimum atomic E-state index is -0.259. The van der Waals surface area contributed by atoms with Crippen molar-refractivity contribution in [2.75, 3.05) is 13.1 Å². The van der Waals surface area contributed by atoms with E-state index in [2.05, 4.69) is 10.3 Å². The van der Waals surface area contributed by atoms with E-state index in [1.165, 1.54) is 25.1 Å². The van der Waals surface area contributed by atoms with Gasteiger partial charge in [0.2, 0.25) is 5.56 Å². The number of hydrogen-bond acceptors (Lipinski definition) is 3. The normalized spacial score (nSPS) is 23.0. The summed E-state index contributed by atoms with van der Waals surface area (Å²) in [5, 5.41) is 2.91. The summed E-state index contributed by atoms with van der Waals surface area (Å²) in [5.74, 6) is 0.783. The summed E-state index contributed by atoms with van der Waals surface area (Å²) in [6.45, 7) is 1.33. The van der Waals surface area contributed by atoms with Crippen LogP contribution in [0.1, 0.15) is 36.0 Å². The summed E-state index contributed by atoms with van der Waals surface area (Å²) in [4.78, 5) is 25.6. The average molecular weight is 263 g/mol. The summed E-state index contributed by atoms with van der Waals surface area (Å²) >= 11 is 0. The van der Waals surface area contributed by atoms with Crippen LogP contribution in [0.15, 0.2) is 23.1 Å². The molecule has 1 fully saturated rings. The maximum atomic E-state index is 11.9. The molecule has 1 aliphatic rings. The van der Waals surface area contributed by atoms with E-state index in [0.717, 1.165) is 12.8 Å². The highest BCUT2D eigenvalue weighted by Crippen LogP contribution is 2.28. The standard InChI is InChI=1S/C14H21N3O2/c15-8-11-3-1-2-4-12(11)9-17-14(19)10-5-6-16-13(18)7-10/h5-7,11-12H,1-4,8-9,15H2,(H,16,18)(H,17,19). The Kier molecular flexibility index (Phi) is 4.74. The van der Waals surface area contributed by atoms with Crippen LogP contribution < -0.4 is 16.6 Å². The lowest BCUT2D eigenvalue weighted by molar-refractivity contribution is 0.0935. The van der Waals surface area contributed by atoms with Gasteiger partial charge >= 0.3 is 0 Å². The fraction of sp³-hybridized carbons (Fsp3) is 0.571. The molecule has 1 amide bonds. The van der Waals surface area contributed by atoms with Crippen LogP contribution in [0, 0.1) is 11.8 Å². The fourth-order valence-corrected chi connectivity index (χ4v) is 2.78. The van der Waals surface area contributed by atoms with Crippen LogP contribution >= 0.6 is 0 Å². The van der Waals surface area contributed by atoms with Gasteiger partial charge in [0, 0.05) is 24.4 Å². The molecule has 19 heavy (non-hydrogen) atoms. The van der Waals surface area contributed by atoms with Crippen LogP contribution in [0.5, 0.6) is 0 Å². The number of nitrogens with one attached hydrogen (secondary N) is 2. The Balaban J connectivity index is 1.91. The quantitative estimate of drug-likeness (QED) is 0.753. The Morgan fingerprint density at radius 1 is 1.37 bits per heavy atom. The van der Waals surface area contributed by atoms with Crippen molar-refractivity contribution in [1.82, 2.24) is 10.3 Å². The predicted molar refractivity (Wildman–Crippen MR) is 73.9 cm³/mol. The second kappa shape index (κ2) is 6.52. The molecule has 1 heterocycles. The van der Waals surface area contributed by atoms with Gasteiger partial charge < -0.3 is 16.0 Å². The second-order valence-corrected chi connectivity index (χ2v) is 5.19. The van der Waals surface area contributed by atoms with Crippen LogP contribution in [0.25, 0.3) is 0 Å². The molecule has 1 aromatic rings. The van der Waals surface area contributed by atoms with Gasteiger partial charge in [-0.15, -0.1) is 0 Å². The molecule has 1 saturated carbocycles. The van der Waals surface area contributed by atoms with E-state index in [1.54, 1.807) is 6.07 Å². The SMILES string of the molecule is NCC1CCCCC1CNC(=O)c1cc[nH]c(=O)c1. The maximum absolute atomic E-state index is 11.9. The number of nitrogens with two attached hydrogens (primary N) is 1. The van der Waals surface area contributed by atoms with Crippen LogP contribution in [-0.4, -0.2) is 24.0 Å². The number of carbonyl (C=O) groups is 1. The molecule has 0 aromatic carbocycles. The number of rotatable bonds is 4. The van der Waals surface area contributed by atoms with Gasteiger partial charge in [-0.3, -0.25) is 9.59 Å². The van der Waals surface area contributed by atoms with Gasteiger partial charge in [-0.25, -0.2) is 0 Å². The second-order valence-electron chi connectivity index (χ2n) is 5.19. The van der Waals surface area contributed by atoms with Gasteiger partial charge in [0.05, 0.1) is 0 Å². The fourth-order valence-electron chi connectivity index (χ4n) is 2.78. The highest BCUT2D eigenvalue weighted by molar-refractivity contribution is 5.93. The zero-order chi connectivity index (χ0) is 13.7. The molecule has 2 unspecified atom stereocenters. The summed E-state index contributed by atoms with van der Waals surface area (Å²) < 4.78 is 0. The van der Waals surface area contributed by atoms with Crippen molar-refractivity contribution in [1.29, 1.82) is 0 Å². The summed E-state index contributed by atoms with van der Waals surface area (Å²) in [6, 6.07) is 2.93. The van der Waals surface area contributed by atoms with Crippen molar-refractivity contribution in [3.63, 3.8) is 0 Å². The molecular formula is C14H21N3O2. The van der Waals surface area contributed by atoms with Crippen molar-refractivity contribution in [3.8, 4) is 0 Å². The number of H-pyrrole nitrogens is 1. The molecule has 0 aliphatic heterocycles. The van der Waals surface area contributed by atoms with Gasteiger partial charge in [-0.1, -0.05) is 12.8 Å². The average Bonchev–Trinajstić information content (AvgIpc) is 2.45. The lowest BCUT2D eigenvalue weighted by atomic mass is 9.79. The summed E-state index contributed by atoms with van der Waals surface area (Å²) in [7, 11) is 0. The van der Waals surface area contributed by atoms with Gasteiger partial charge in [0.25, 0.3) is 5.91 Å². The largest absolute Gasteiger partial charge is 0.352 e. The van der Waals surface area contributed by atoms with Crippen LogP contribution in [-0.2, 0) is 0 Å². The monoisotopic (exact) mass is 263 g/mol. The molecular weight excluding hydrogens is 242 g/mol. The van der Waals surface area contributed by atoms with E-state index in [1.807, 2.05) is 0 Å². The topological polar surface area (TPSA) is 88.0 Å². The van der Waals surface area contributed by atoms with E-state index in [4.69, 9.17) is 5.73 Å². The molecule has 5 heteroatoms. The Morgan fingerprint density at radius 3 is 2.79 bits per heavy atom. The predicted octanol–water partition coefficient (Wildman–Crippen LogP) is 0.870. The molecule has 0 radical (unpaired) electrons. The molecule has 104 valence electrons. The van der Waals surface area contributed by atoms with Crippen molar-refractivity contribution in [2.45, 2.75) is 25.7 Å². The van der Waals surface area contributed by atoms with E-state index in [9.17, 15) is 9.59 Å². The molecule has 1 aliphatic carbocycles. The van der Waals surface area contributed by atoms with Gasteiger partial charge in [0.15, 0.2) is 0 Å². The van der Waals surface area contributed by atoms with E-state index < -0.39 is 0 Å². The minimum absolute atomic E-state index is 0.188. The van der Waals surface area contributed by atoms with Crippen LogP contribution in [0.4, 0.5) is 0 Å². The molecule has 2 rings (SSSR count). The zero-order valence-corrected chi connectivity index (χ0v) is 11.0. The highest BCUT2D eigenvalue weighted by Gasteiger charge is 2.24. The number of hydrogen-bond donors (Lipinski definition) is 3. The number of aromatic nitrogens is 1. The molecule has 0 saturated heterocycles. The Hall–Kier alpha value is -1.62. The molecule has 4 N–H and O–H groups in total. The van der Waals surface area contributed by atoms with Crippen molar-refractivity contribution in [2.24, 2.45) is 17.6 Å². The maximum Gasteiger partial charge on any atom is 0.251 e. The molecule has 1 aromatic heterocycles. The Morgan fingerprint density at radius 2 is 2.11 bits per heavy atom. The van der Waals surface area contributed by atoms with Gasteiger partial charge in [0.1, 0.15) is 0 Å². The minimum Gasteiger partial charge on any atom is -0.352 e. The molecule has 5 nitrogen and oxygen atoms in total. The van der Waals surface area contributed by atoms with E-state index >= 15 is 0 Å². The number of aromatic amines is 1. The van der Waals surface area contributed by atoms with E-state index in [-0.39, 0.29) is 11.5 Å². The lowest BCUT2D eigenvalue weighted by Crippen LogP contribution is -2.37. The van der Waals surface area contributed by atoms with Crippen molar-refractivity contribution in [3.05, 3.63) is 34.2 Å². The van der Waals surface area contributed by atoms with Crippen molar-refractivity contribution >= 4 is 5.91 Å². The van der Waals surface area contributed by atoms with Crippen LogP contribution in [0.3, 0.4) is 0 Å². The first kappa shape index (κ1) is 13.8. The first-order valence-electron chi connectivity index (χ1n) is 6.87. The third-order valence-corrected chi connectivity index (χ3v) is 3.93. The molecule has 2 atom stereocenters. The Labute approximate surface area is 112 Å². The zero-order valence-electron chi connectivity index (χ0n) is 11.0. The van der Waals surface area contributed by atoms with Gasteiger partial charge in [-0.05, 0) is 37.3 Å². The number of pyridine rings is 1. The summed E-state index contributed by atoms with van der Waals surface area (Å²) in [5.41, 5.74) is 5.92. The smallest absolute Gasteiger partial charge is 0.251 e. The van der Waals surface area contributed by atoms with Crippen molar-refractivity contribution < 1.29 is 4.79 Å². The first-order valence-corrected chi connectivity index (χ1v) is 6.87. The highest BCUT2D eigenvalue weighted by atomic mass is 16.2. The van der Waals surface area contributed by atoms with Crippen LogP contribution in [0.2, 0.25) is 0 Å². The Bertz CT molecular complexity index is 484. The van der Waals surface area contributed by atoms with Gasteiger partial charge in [-0.2, -0.15) is 0 Å². The number of amides is 1. The number of carbonyl (C=O) groups excluding carboxylic acids is 1. The molecule has 0 bridgehead atoms. The third-order valence-electron chi connectivity index (χ3n) is 3.93. The first-order chi connectivity index (χ1) is 9.20. The molecule has 0 spiro atoms. The summed E-state index contributed by atoms with van der Waals surface area (Å²) in [6.07, 6.45) is 6.21. The lowest BCUT2D eigenvalue weighted by Gasteiger charge is -2.30. The third kappa shape index (κ3) is 3.67.